The number of fused-ring (bicyclic) bond motifs is 1. The lowest BCUT2D eigenvalue weighted by atomic mass is 10.1. The second-order valence-corrected chi connectivity index (χ2v) is 5.13. The molecule has 3 heterocycles. The minimum Gasteiger partial charge on any atom is -0.344 e. The molecule has 1 unspecified atom stereocenters. The van der Waals surface area contributed by atoms with E-state index in [9.17, 15) is 4.79 Å². The summed E-state index contributed by atoms with van der Waals surface area (Å²) < 4.78 is 0. The minimum absolute atomic E-state index is 0.183. The molecule has 3 aliphatic heterocycles. The third kappa shape index (κ3) is 1.47. The molecule has 4 nitrogen and oxygen atoms in total. The van der Waals surface area contributed by atoms with Gasteiger partial charge in [-0.25, -0.2) is 0 Å². The van der Waals surface area contributed by atoms with Crippen LogP contribution in [0.15, 0.2) is 0 Å². The number of hydrogen-bond donors (Lipinski definition) is 1. The van der Waals surface area contributed by atoms with Gasteiger partial charge in [-0.15, -0.1) is 0 Å². The monoisotopic (exact) mass is 209 g/mol. The van der Waals surface area contributed by atoms with E-state index >= 15 is 0 Å². The number of amides is 1. The fraction of sp³-hybridized carbons (Fsp3) is 0.909. The van der Waals surface area contributed by atoms with Crippen LogP contribution in [0.4, 0.5) is 0 Å². The molecule has 0 saturated carbocycles. The molecular formula is C11H19N3O. The Balaban J connectivity index is 1.67. The zero-order valence-electron chi connectivity index (χ0n) is 9.28. The number of hydrogen-bond acceptors (Lipinski definition) is 3. The van der Waals surface area contributed by atoms with Crippen molar-refractivity contribution in [3.63, 3.8) is 0 Å². The van der Waals surface area contributed by atoms with Crippen molar-refractivity contribution >= 4 is 5.91 Å². The SMILES string of the molecule is CN1CCC(N2C[C@@H]3CCN[C@@H]3C2)C1=O. The Bertz CT molecular complexity index is 269. The lowest BCUT2D eigenvalue weighted by molar-refractivity contribution is -0.130. The van der Waals surface area contributed by atoms with Crippen molar-refractivity contribution in [3.05, 3.63) is 0 Å². The van der Waals surface area contributed by atoms with Crippen LogP contribution in [0.3, 0.4) is 0 Å². The van der Waals surface area contributed by atoms with Crippen LogP contribution in [-0.2, 0) is 4.79 Å². The molecule has 1 amide bonds. The van der Waals surface area contributed by atoms with Crippen LogP contribution in [0, 0.1) is 5.92 Å². The van der Waals surface area contributed by atoms with E-state index in [1.165, 1.54) is 13.0 Å². The first-order valence-electron chi connectivity index (χ1n) is 5.98. The van der Waals surface area contributed by atoms with E-state index in [0.717, 1.165) is 32.0 Å². The lowest BCUT2D eigenvalue weighted by Crippen LogP contribution is -2.41. The van der Waals surface area contributed by atoms with Gasteiger partial charge in [-0.2, -0.15) is 0 Å². The van der Waals surface area contributed by atoms with Gasteiger partial charge in [-0.05, 0) is 25.3 Å². The number of likely N-dealkylation sites (tertiary alicyclic amines) is 2. The second kappa shape index (κ2) is 3.46. The smallest absolute Gasteiger partial charge is 0.239 e. The van der Waals surface area contributed by atoms with Crippen LogP contribution in [0.1, 0.15) is 12.8 Å². The first kappa shape index (κ1) is 9.60. The van der Waals surface area contributed by atoms with Crippen LogP contribution in [0.25, 0.3) is 0 Å². The summed E-state index contributed by atoms with van der Waals surface area (Å²) in [4.78, 5) is 16.1. The van der Waals surface area contributed by atoms with Crippen LogP contribution < -0.4 is 5.32 Å². The minimum atomic E-state index is 0.183. The van der Waals surface area contributed by atoms with Crippen LogP contribution in [0.2, 0.25) is 0 Å². The van der Waals surface area contributed by atoms with Gasteiger partial charge in [0.05, 0.1) is 6.04 Å². The quantitative estimate of drug-likeness (QED) is 0.633. The fourth-order valence-electron chi connectivity index (χ4n) is 3.28. The molecule has 0 aliphatic carbocycles. The van der Waals surface area contributed by atoms with E-state index in [0.29, 0.717) is 11.9 Å². The molecule has 1 N–H and O–H groups in total. The molecule has 0 aromatic heterocycles. The van der Waals surface area contributed by atoms with E-state index in [1.807, 2.05) is 11.9 Å². The van der Waals surface area contributed by atoms with Crippen LogP contribution in [-0.4, -0.2) is 61.0 Å². The fourth-order valence-corrected chi connectivity index (χ4v) is 3.28. The number of carbonyl (C=O) groups excluding carboxylic acids is 1. The third-order valence-corrected chi connectivity index (χ3v) is 4.23. The molecule has 4 heteroatoms. The molecule has 3 rings (SSSR count). The summed E-state index contributed by atoms with van der Waals surface area (Å²) >= 11 is 0. The van der Waals surface area contributed by atoms with E-state index in [4.69, 9.17) is 0 Å². The lowest BCUT2D eigenvalue weighted by Gasteiger charge is -2.22. The van der Waals surface area contributed by atoms with Gasteiger partial charge in [0.15, 0.2) is 0 Å². The Morgan fingerprint density at radius 1 is 1.33 bits per heavy atom. The van der Waals surface area contributed by atoms with Gasteiger partial charge in [-0.3, -0.25) is 9.69 Å². The largest absolute Gasteiger partial charge is 0.344 e. The maximum absolute atomic E-state index is 11.9. The topological polar surface area (TPSA) is 35.6 Å². The molecule has 84 valence electrons. The highest BCUT2D eigenvalue weighted by Gasteiger charge is 2.42. The summed E-state index contributed by atoms with van der Waals surface area (Å²) in [7, 11) is 1.91. The van der Waals surface area contributed by atoms with E-state index in [1.54, 1.807) is 0 Å². The van der Waals surface area contributed by atoms with E-state index in [2.05, 4.69) is 10.2 Å². The molecule has 0 aromatic rings. The normalized spacial score (nSPS) is 41.5. The van der Waals surface area contributed by atoms with Crippen molar-refractivity contribution in [1.82, 2.24) is 15.1 Å². The number of nitrogens with zero attached hydrogens (tertiary/aromatic N) is 2. The van der Waals surface area contributed by atoms with Gasteiger partial charge < -0.3 is 10.2 Å². The molecule has 15 heavy (non-hydrogen) atoms. The van der Waals surface area contributed by atoms with Crippen LogP contribution >= 0.6 is 0 Å². The maximum atomic E-state index is 11.9. The average molecular weight is 209 g/mol. The van der Waals surface area contributed by atoms with Crippen molar-refractivity contribution in [2.45, 2.75) is 24.9 Å². The average Bonchev–Trinajstić information content (AvgIpc) is 2.82. The standard InChI is InChI=1S/C11H19N3O/c1-13-5-3-10(11(13)15)14-6-8-2-4-12-9(8)7-14/h8-10,12H,2-7H2,1H3/t8-,9+,10?/m0/s1. The van der Waals surface area contributed by atoms with Gasteiger partial charge >= 0.3 is 0 Å². The predicted octanol–water partition coefficient (Wildman–Crippen LogP) is -0.489. The van der Waals surface area contributed by atoms with Crippen molar-refractivity contribution in [2.75, 3.05) is 33.2 Å². The molecule has 0 bridgehead atoms. The number of nitrogens with one attached hydrogen (secondary N) is 1. The van der Waals surface area contributed by atoms with E-state index in [-0.39, 0.29) is 6.04 Å². The summed E-state index contributed by atoms with van der Waals surface area (Å²) in [5, 5.41) is 3.53. The van der Waals surface area contributed by atoms with Gasteiger partial charge in [-0.1, -0.05) is 0 Å². The van der Waals surface area contributed by atoms with Gasteiger partial charge in [0.25, 0.3) is 0 Å². The van der Waals surface area contributed by atoms with Crippen LogP contribution in [0.5, 0.6) is 0 Å². The molecule has 3 fully saturated rings. The molecule has 0 aromatic carbocycles. The summed E-state index contributed by atoms with van der Waals surface area (Å²) in [6, 6.07) is 0.839. The Hall–Kier alpha value is -0.610. The number of rotatable bonds is 1. The van der Waals surface area contributed by atoms with E-state index < -0.39 is 0 Å². The van der Waals surface area contributed by atoms with Crippen molar-refractivity contribution in [3.8, 4) is 0 Å². The van der Waals surface area contributed by atoms with Gasteiger partial charge in [0, 0.05) is 32.7 Å². The highest BCUT2D eigenvalue weighted by atomic mass is 16.2. The first-order valence-corrected chi connectivity index (χ1v) is 5.98. The second-order valence-electron chi connectivity index (χ2n) is 5.13. The van der Waals surface area contributed by atoms with Gasteiger partial charge in [0.1, 0.15) is 0 Å². The molecular weight excluding hydrogens is 190 g/mol. The summed E-state index contributed by atoms with van der Waals surface area (Å²) in [5.74, 6) is 1.12. The number of likely N-dealkylation sites (N-methyl/N-ethyl adjacent to an activating group) is 1. The Labute approximate surface area is 90.6 Å². The van der Waals surface area contributed by atoms with Crippen molar-refractivity contribution in [2.24, 2.45) is 5.92 Å². The Morgan fingerprint density at radius 3 is 2.87 bits per heavy atom. The molecule has 0 spiro atoms. The zero-order chi connectivity index (χ0) is 10.4. The van der Waals surface area contributed by atoms with Gasteiger partial charge in [0.2, 0.25) is 5.91 Å². The Morgan fingerprint density at radius 2 is 2.20 bits per heavy atom. The predicted molar refractivity (Wildman–Crippen MR) is 57.5 cm³/mol. The summed E-state index contributed by atoms with van der Waals surface area (Å²) in [6.07, 6.45) is 2.31. The van der Waals surface area contributed by atoms with Crippen molar-refractivity contribution < 1.29 is 4.79 Å². The summed E-state index contributed by atoms with van der Waals surface area (Å²) in [6.45, 7) is 4.31. The Kier molecular flexibility index (Phi) is 2.21. The van der Waals surface area contributed by atoms with Crippen molar-refractivity contribution in [1.29, 1.82) is 0 Å². The maximum Gasteiger partial charge on any atom is 0.239 e. The third-order valence-electron chi connectivity index (χ3n) is 4.23. The first-order chi connectivity index (χ1) is 7.25. The molecule has 3 aliphatic rings. The zero-order valence-corrected chi connectivity index (χ0v) is 9.28. The number of carbonyl (C=O) groups is 1. The molecule has 3 atom stereocenters. The highest BCUT2D eigenvalue weighted by molar-refractivity contribution is 5.83. The molecule has 0 radical (unpaired) electrons. The highest BCUT2D eigenvalue weighted by Crippen LogP contribution is 2.28. The summed E-state index contributed by atoms with van der Waals surface area (Å²) in [5.41, 5.74) is 0. The molecule has 3 saturated heterocycles.